The highest BCUT2D eigenvalue weighted by molar-refractivity contribution is 6.30. The van der Waals surface area contributed by atoms with Crippen LogP contribution in [0.3, 0.4) is 0 Å². The van der Waals surface area contributed by atoms with Gasteiger partial charge in [-0.25, -0.2) is 4.68 Å². The van der Waals surface area contributed by atoms with Gasteiger partial charge in [0.25, 0.3) is 5.91 Å². The van der Waals surface area contributed by atoms with Gasteiger partial charge in [0.15, 0.2) is 11.5 Å². The lowest BCUT2D eigenvalue weighted by Gasteiger charge is -2.32. The van der Waals surface area contributed by atoms with Crippen molar-refractivity contribution >= 4 is 40.1 Å². The molecule has 2 amide bonds. The van der Waals surface area contributed by atoms with Crippen molar-refractivity contribution in [2.24, 2.45) is 0 Å². The largest absolute Gasteiger partial charge is 0.497 e. The molecule has 1 N–H and O–H groups in total. The van der Waals surface area contributed by atoms with Crippen LogP contribution in [0.1, 0.15) is 17.2 Å². The fourth-order valence-electron chi connectivity index (χ4n) is 4.81. The van der Waals surface area contributed by atoms with Crippen LogP contribution in [0.2, 0.25) is 5.02 Å². The van der Waals surface area contributed by atoms with Crippen LogP contribution in [-0.4, -0.2) is 45.6 Å². The Labute approximate surface area is 246 Å². The van der Waals surface area contributed by atoms with Gasteiger partial charge in [0, 0.05) is 23.3 Å². The Bertz CT molecular complexity index is 1740. The highest BCUT2D eigenvalue weighted by atomic mass is 35.5. The van der Waals surface area contributed by atoms with Crippen molar-refractivity contribution in [3.05, 3.63) is 107 Å². The number of carbonyl (C=O) groups is 2. The van der Waals surface area contributed by atoms with Crippen LogP contribution in [0, 0.1) is 0 Å². The summed E-state index contributed by atoms with van der Waals surface area (Å²) in [5.74, 6) is 1.01. The van der Waals surface area contributed by atoms with E-state index in [1.54, 1.807) is 61.7 Å². The second-order valence-electron chi connectivity index (χ2n) is 9.62. The minimum Gasteiger partial charge on any atom is -0.497 e. The van der Waals surface area contributed by atoms with E-state index in [0.717, 1.165) is 5.56 Å². The van der Waals surface area contributed by atoms with Crippen LogP contribution in [-0.2, 0) is 22.7 Å². The smallest absolute Gasteiger partial charge is 0.251 e. The molecule has 4 aromatic carbocycles. The van der Waals surface area contributed by atoms with E-state index in [9.17, 15) is 9.59 Å². The molecule has 0 bridgehead atoms. The second-order valence-corrected chi connectivity index (χ2v) is 10.1. The van der Waals surface area contributed by atoms with Gasteiger partial charge in [0.2, 0.25) is 12.7 Å². The van der Waals surface area contributed by atoms with Crippen molar-refractivity contribution in [1.29, 1.82) is 0 Å². The summed E-state index contributed by atoms with van der Waals surface area (Å²) in [5, 5.41) is 11.9. The minimum atomic E-state index is -1.01. The van der Waals surface area contributed by atoms with E-state index in [1.807, 2.05) is 36.4 Å². The molecule has 42 heavy (non-hydrogen) atoms. The van der Waals surface area contributed by atoms with Gasteiger partial charge < -0.3 is 24.4 Å². The van der Waals surface area contributed by atoms with Crippen molar-refractivity contribution in [1.82, 2.24) is 19.9 Å². The molecule has 0 fully saturated rings. The number of anilines is 1. The average molecular weight is 584 g/mol. The van der Waals surface area contributed by atoms with E-state index in [-0.39, 0.29) is 25.8 Å². The predicted molar refractivity (Wildman–Crippen MR) is 156 cm³/mol. The van der Waals surface area contributed by atoms with Gasteiger partial charge in [0.05, 0.1) is 12.6 Å². The first-order valence-corrected chi connectivity index (χ1v) is 13.5. The highest BCUT2D eigenvalue weighted by Crippen LogP contribution is 2.35. The number of para-hydroxylation sites is 1. The van der Waals surface area contributed by atoms with E-state index >= 15 is 0 Å². The zero-order valence-corrected chi connectivity index (χ0v) is 23.3. The Hall–Kier alpha value is -5.09. The third-order valence-electron chi connectivity index (χ3n) is 6.92. The Kier molecular flexibility index (Phi) is 7.61. The Balaban J connectivity index is 1.39. The molecule has 10 nitrogen and oxygen atoms in total. The molecule has 11 heteroatoms. The molecule has 1 unspecified atom stereocenters. The number of fused-ring (bicyclic) bond motifs is 2. The number of rotatable bonds is 9. The first-order chi connectivity index (χ1) is 20.5. The standard InChI is InChI=1S/C31H26ClN5O5/c1-40-24-13-8-21(9-14-24)30(31(39)33-23-12-15-27-28(16-23)42-19-41-27)36(17-20-6-10-22(32)11-7-20)29(38)18-37-26-5-3-2-4-25(26)34-35-37/h2-16,30H,17-19H2,1H3,(H,33,39). The fourth-order valence-corrected chi connectivity index (χ4v) is 4.93. The first kappa shape index (κ1) is 27.1. The molecule has 0 saturated carbocycles. The molecule has 1 aliphatic rings. The molecule has 0 saturated heterocycles. The normalized spacial score (nSPS) is 12.6. The maximum atomic E-state index is 14.1. The zero-order valence-electron chi connectivity index (χ0n) is 22.6. The number of benzene rings is 4. The molecule has 1 atom stereocenters. The number of halogens is 1. The van der Waals surface area contributed by atoms with Crippen molar-refractivity contribution in [3.8, 4) is 17.2 Å². The average Bonchev–Trinajstić information content (AvgIpc) is 3.65. The number of methoxy groups -OCH3 is 1. The lowest BCUT2D eigenvalue weighted by Crippen LogP contribution is -2.42. The summed E-state index contributed by atoms with van der Waals surface area (Å²) in [6, 6.07) is 25.7. The monoisotopic (exact) mass is 583 g/mol. The molecular formula is C31H26ClN5O5. The van der Waals surface area contributed by atoms with Crippen molar-refractivity contribution in [2.45, 2.75) is 19.1 Å². The zero-order chi connectivity index (χ0) is 29.1. The van der Waals surface area contributed by atoms with Gasteiger partial charge in [0.1, 0.15) is 23.9 Å². The van der Waals surface area contributed by atoms with E-state index in [1.165, 1.54) is 9.58 Å². The molecule has 1 aliphatic heterocycles. The number of amides is 2. The number of aromatic nitrogens is 3. The van der Waals surface area contributed by atoms with Gasteiger partial charge in [-0.15, -0.1) is 5.10 Å². The van der Waals surface area contributed by atoms with Crippen molar-refractivity contribution in [3.63, 3.8) is 0 Å². The predicted octanol–water partition coefficient (Wildman–Crippen LogP) is 5.23. The van der Waals surface area contributed by atoms with Gasteiger partial charge in [-0.2, -0.15) is 0 Å². The molecule has 0 radical (unpaired) electrons. The van der Waals surface area contributed by atoms with Crippen LogP contribution in [0.15, 0.2) is 91.0 Å². The summed E-state index contributed by atoms with van der Waals surface area (Å²) in [4.78, 5) is 29.8. The number of hydrogen-bond acceptors (Lipinski definition) is 7. The lowest BCUT2D eigenvalue weighted by molar-refractivity contribution is -0.140. The topological polar surface area (TPSA) is 108 Å². The number of nitrogens with zero attached hydrogens (tertiary/aromatic N) is 4. The summed E-state index contributed by atoms with van der Waals surface area (Å²) in [7, 11) is 1.57. The molecule has 5 aromatic rings. The summed E-state index contributed by atoms with van der Waals surface area (Å²) >= 11 is 6.13. The number of nitrogens with one attached hydrogen (secondary N) is 1. The Morgan fingerprint density at radius 2 is 1.76 bits per heavy atom. The molecule has 0 aliphatic carbocycles. The Morgan fingerprint density at radius 1 is 1.00 bits per heavy atom. The van der Waals surface area contributed by atoms with Gasteiger partial charge in [-0.05, 0) is 59.7 Å². The molecule has 212 valence electrons. The van der Waals surface area contributed by atoms with Crippen molar-refractivity contribution < 1.29 is 23.8 Å². The van der Waals surface area contributed by atoms with E-state index in [2.05, 4.69) is 15.6 Å². The summed E-state index contributed by atoms with van der Waals surface area (Å²) in [5.41, 5.74) is 3.28. The maximum Gasteiger partial charge on any atom is 0.251 e. The molecule has 0 spiro atoms. The fraction of sp³-hybridized carbons (Fsp3) is 0.161. The number of carbonyl (C=O) groups excluding carboxylic acids is 2. The van der Waals surface area contributed by atoms with E-state index < -0.39 is 11.9 Å². The van der Waals surface area contributed by atoms with Crippen LogP contribution >= 0.6 is 11.6 Å². The third kappa shape index (κ3) is 5.70. The van der Waals surface area contributed by atoms with Crippen LogP contribution in [0.4, 0.5) is 5.69 Å². The first-order valence-electron chi connectivity index (χ1n) is 13.1. The van der Waals surface area contributed by atoms with Crippen LogP contribution in [0.5, 0.6) is 17.2 Å². The van der Waals surface area contributed by atoms with Gasteiger partial charge >= 0.3 is 0 Å². The van der Waals surface area contributed by atoms with Crippen LogP contribution in [0.25, 0.3) is 11.0 Å². The SMILES string of the molecule is COc1ccc(C(C(=O)Nc2ccc3c(c2)OCO3)N(Cc2ccc(Cl)cc2)C(=O)Cn2nnc3ccccc32)cc1. The summed E-state index contributed by atoms with van der Waals surface area (Å²) < 4.78 is 17.8. The summed E-state index contributed by atoms with van der Waals surface area (Å²) in [6.45, 7) is 0.119. The highest BCUT2D eigenvalue weighted by Gasteiger charge is 2.33. The van der Waals surface area contributed by atoms with Crippen molar-refractivity contribution in [2.75, 3.05) is 19.2 Å². The molecule has 6 rings (SSSR count). The summed E-state index contributed by atoms with van der Waals surface area (Å²) in [6.07, 6.45) is 0. The van der Waals surface area contributed by atoms with E-state index in [4.69, 9.17) is 25.8 Å². The lowest BCUT2D eigenvalue weighted by atomic mass is 10.0. The second kappa shape index (κ2) is 11.8. The van der Waals surface area contributed by atoms with Gasteiger partial charge in [-0.3, -0.25) is 9.59 Å². The Morgan fingerprint density at radius 3 is 2.55 bits per heavy atom. The molecule has 1 aromatic heterocycles. The maximum absolute atomic E-state index is 14.1. The minimum absolute atomic E-state index is 0.113. The molecule has 2 heterocycles. The number of ether oxygens (including phenoxy) is 3. The third-order valence-corrected chi connectivity index (χ3v) is 7.18. The van der Waals surface area contributed by atoms with E-state index in [0.29, 0.717) is 44.6 Å². The number of hydrogen-bond donors (Lipinski definition) is 1. The van der Waals surface area contributed by atoms with Crippen LogP contribution < -0.4 is 19.5 Å². The van der Waals surface area contributed by atoms with Gasteiger partial charge in [-0.1, -0.05) is 53.2 Å². The quantitative estimate of drug-likeness (QED) is 0.253. The molecular weight excluding hydrogens is 558 g/mol.